The molecule has 0 bridgehead atoms. The Labute approximate surface area is 125 Å². The lowest BCUT2D eigenvalue weighted by molar-refractivity contribution is -0.117. The van der Waals surface area contributed by atoms with Gasteiger partial charge < -0.3 is 10.2 Å². The zero-order valence-corrected chi connectivity index (χ0v) is 12.5. The maximum absolute atomic E-state index is 12.1. The van der Waals surface area contributed by atoms with Gasteiger partial charge in [0.05, 0.1) is 0 Å². The number of carbonyl (C=O) groups is 2. The smallest absolute Gasteiger partial charge is 0.224 e. The van der Waals surface area contributed by atoms with Crippen LogP contribution in [0.3, 0.4) is 0 Å². The van der Waals surface area contributed by atoms with Crippen molar-refractivity contribution in [1.82, 2.24) is 0 Å². The molecule has 0 radical (unpaired) electrons. The molecule has 2 aliphatic rings. The van der Waals surface area contributed by atoms with Crippen molar-refractivity contribution in [3.63, 3.8) is 0 Å². The number of carbonyl (C=O) groups excluding carboxylic acids is 2. The molecule has 0 atom stereocenters. The molecule has 1 saturated carbocycles. The molecule has 1 fully saturated rings. The molecule has 0 spiro atoms. The van der Waals surface area contributed by atoms with Crippen LogP contribution in [-0.2, 0) is 16.0 Å². The van der Waals surface area contributed by atoms with Crippen LogP contribution in [0, 0.1) is 5.92 Å². The molecule has 2 amide bonds. The molecular weight excluding hydrogens is 264 g/mol. The van der Waals surface area contributed by atoms with E-state index in [1.54, 1.807) is 11.8 Å². The van der Waals surface area contributed by atoms with Gasteiger partial charge in [0.25, 0.3) is 0 Å². The van der Waals surface area contributed by atoms with Crippen LogP contribution in [0.25, 0.3) is 0 Å². The number of fused-ring (bicyclic) bond motifs is 1. The Hall–Kier alpha value is -1.84. The number of hydrogen-bond donors (Lipinski definition) is 1. The van der Waals surface area contributed by atoms with Crippen molar-refractivity contribution < 1.29 is 9.59 Å². The maximum atomic E-state index is 12.1. The molecule has 1 aliphatic carbocycles. The molecule has 1 N–H and O–H groups in total. The van der Waals surface area contributed by atoms with Crippen LogP contribution < -0.4 is 10.2 Å². The second kappa shape index (κ2) is 5.88. The Balaban J connectivity index is 1.64. The summed E-state index contributed by atoms with van der Waals surface area (Å²) in [6, 6.07) is 5.84. The second-order valence-corrected chi connectivity index (χ2v) is 6.17. The van der Waals surface area contributed by atoms with Crippen LogP contribution in [-0.4, -0.2) is 18.4 Å². The Kier molecular flexibility index (Phi) is 3.95. The highest BCUT2D eigenvalue weighted by Crippen LogP contribution is 2.31. The van der Waals surface area contributed by atoms with Gasteiger partial charge in [-0.05, 0) is 48.9 Å². The van der Waals surface area contributed by atoms with E-state index in [0.717, 1.165) is 29.9 Å². The zero-order valence-electron chi connectivity index (χ0n) is 12.5. The molecular formula is C17H22N2O2. The molecule has 0 saturated heterocycles. The molecule has 1 aromatic carbocycles. The lowest BCUT2D eigenvalue weighted by Crippen LogP contribution is -2.25. The summed E-state index contributed by atoms with van der Waals surface area (Å²) in [6.45, 7) is 2.33. The summed E-state index contributed by atoms with van der Waals surface area (Å²) in [5.41, 5.74) is 2.97. The van der Waals surface area contributed by atoms with Crippen LogP contribution in [0.4, 0.5) is 11.4 Å². The van der Waals surface area contributed by atoms with Crippen LogP contribution in [0.2, 0.25) is 0 Å². The Morgan fingerprint density at radius 3 is 2.76 bits per heavy atom. The number of nitrogens with zero attached hydrogens (tertiary/aromatic N) is 1. The Bertz CT molecular complexity index is 562. The molecule has 3 rings (SSSR count). The van der Waals surface area contributed by atoms with E-state index in [1.807, 2.05) is 18.2 Å². The van der Waals surface area contributed by atoms with E-state index in [1.165, 1.54) is 25.7 Å². The second-order valence-electron chi connectivity index (χ2n) is 6.17. The van der Waals surface area contributed by atoms with E-state index in [-0.39, 0.29) is 11.8 Å². The molecule has 4 nitrogen and oxygen atoms in total. The van der Waals surface area contributed by atoms with E-state index in [0.29, 0.717) is 12.3 Å². The molecule has 1 heterocycles. The van der Waals surface area contributed by atoms with E-state index >= 15 is 0 Å². The number of anilines is 2. The van der Waals surface area contributed by atoms with Crippen LogP contribution in [0.5, 0.6) is 0 Å². The van der Waals surface area contributed by atoms with Crippen molar-refractivity contribution in [2.45, 2.75) is 45.4 Å². The van der Waals surface area contributed by atoms with Crippen molar-refractivity contribution in [2.75, 3.05) is 16.8 Å². The van der Waals surface area contributed by atoms with Gasteiger partial charge >= 0.3 is 0 Å². The van der Waals surface area contributed by atoms with Gasteiger partial charge in [0.15, 0.2) is 0 Å². The van der Waals surface area contributed by atoms with Gasteiger partial charge in [0, 0.05) is 31.3 Å². The number of hydrogen-bond acceptors (Lipinski definition) is 2. The molecule has 4 heteroatoms. The minimum atomic E-state index is 0.0757. The molecule has 1 aliphatic heterocycles. The predicted molar refractivity (Wildman–Crippen MR) is 83.4 cm³/mol. The summed E-state index contributed by atoms with van der Waals surface area (Å²) in [7, 11) is 0. The number of benzene rings is 1. The summed E-state index contributed by atoms with van der Waals surface area (Å²) in [5, 5.41) is 3.00. The monoisotopic (exact) mass is 286 g/mol. The largest absolute Gasteiger partial charge is 0.326 e. The highest BCUT2D eigenvalue weighted by molar-refractivity contribution is 5.95. The van der Waals surface area contributed by atoms with Crippen LogP contribution in [0.1, 0.15) is 44.6 Å². The highest BCUT2D eigenvalue weighted by atomic mass is 16.2. The summed E-state index contributed by atoms with van der Waals surface area (Å²) in [5.74, 6) is 0.752. The first kappa shape index (κ1) is 14.1. The molecule has 0 unspecified atom stereocenters. The SMILES string of the molecule is CC(=O)N1CCc2cc(NC(=O)CC3CCCC3)ccc21. The zero-order chi connectivity index (χ0) is 14.8. The van der Waals surface area contributed by atoms with E-state index in [9.17, 15) is 9.59 Å². The van der Waals surface area contributed by atoms with Gasteiger partial charge in [0.1, 0.15) is 0 Å². The van der Waals surface area contributed by atoms with Crippen LogP contribution >= 0.6 is 0 Å². The van der Waals surface area contributed by atoms with E-state index in [4.69, 9.17) is 0 Å². The van der Waals surface area contributed by atoms with Gasteiger partial charge in [-0.1, -0.05) is 12.8 Å². The third kappa shape index (κ3) is 3.09. The van der Waals surface area contributed by atoms with Gasteiger partial charge in [-0.15, -0.1) is 0 Å². The number of rotatable bonds is 3. The highest BCUT2D eigenvalue weighted by Gasteiger charge is 2.23. The standard InChI is InChI=1S/C17H22N2O2/c1-12(20)19-9-8-14-11-15(6-7-16(14)19)18-17(21)10-13-4-2-3-5-13/h6-7,11,13H,2-5,8-10H2,1H3,(H,18,21). The van der Waals surface area contributed by atoms with Crippen molar-refractivity contribution in [1.29, 1.82) is 0 Å². The fourth-order valence-corrected chi connectivity index (χ4v) is 3.50. The number of amides is 2. The Morgan fingerprint density at radius 2 is 2.05 bits per heavy atom. The minimum absolute atomic E-state index is 0.0757. The maximum Gasteiger partial charge on any atom is 0.224 e. The summed E-state index contributed by atoms with van der Waals surface area (Å²) >= 11 is 0. The van der Waals surface area contributed by atoms with E-state index in [2.05, 4.69) is 5.32 Å². The molecule has 1 aromatic rings. The summed E-state index contributed by atoms with van der Waals surface area (Å²) in [4.78, 5) is 25.4. The molecule has 0 aromatic heterocycles. The van der Waals surface area contributed by atoms with E-state index < -0.39 is 0 Å². The average molecular weight is 286 g/mol. The third-order valence-electron chi connectivity index (χ3n) is 4.59. The first-order chi connectivity index (χ1) is 10.1. The van der Waals surface area contributed by atoms with Crippen molar-refractivity contribution in [3.05, 3.63) is 23.8 Å². The predicted octanol–water partition coefficient (Wildman–Crippen LogP) is 3.11. The lowest BCUT2D eigenvalue weighted by Gasteiger charge is -2.15. The van der Waals surface area contributed by atoms with Crippen LogP contribution in [0.15, 0.2) is 18.2 Å². The van der Waals surface area contributed by atoms with Crippen molar-refractivity contribution in [2.24, 2.45) is 5.92 Å². The molecule has 112 valence electrons. The summed E-state index contributed by atoms with van der Waals surface area (Å²) < 4.78 is 0. The van der Waals surface area contributed by atoms with Gasteiger partial charge in [0.2, 0.25) is 11.8 Å². The van der Waals surface area contributed by atoms with Gasteiger partial charge in [-0.3, -0.25) is 9.59 Å². The quantitative estimate of drug-likeness (QED) is 0.928. The van der Waals surface area contributed by atoms with Gasteiger partial charge in [-0.25, -0.2) is 0 Å². The first-order valence-electron chi connectivity index (χ1n) is 7.84. The first-order valence-corrected chi connectivity index (χ1v) is 7.84. The minimum Gasteiger partial charge on any atom is -0.326 e. The topological polar surface area (TPSA) is 49.4 Å². The summed E-state index contributed by atoms with van der Waals surface area (Å²) in [6.07, 6.45) is 6.39. The normalized spacial score (nSPS) is 17.9. The van der Waals surface area contributed by atoms with Gasteiger partial charge in [-0.2, -0.15) is 0 Å². The van der Waals surface area contributed by atoms with Crippen molar-refractivity contribution in [3.8, 4) is 0 Å². The Morgan fingerprint density at radius 1 is 1.29 bits per heavy atom. The third-order valence-corrected chi connectivity index (χ3v) is 4.59. The number of nitrogens with one attached hydrogen (secondary N) is 1. The average Bonchev–Trinajstić information content (AvgIpc) is 3.06. The molecule has 21 heavy (non-hydrogen) atoms. The van der Waals surface area contributed by atoms with Crippen molar-refractivity contribution >= 4 is 23.2 Å². The fraction of sp³-hybridized carbons (Fsp3) is 0.529. The lowest BCUT2D eigenvalue weighted by atomic mass is 10.0. The fourth-order valence-electron chi connectivity index (χ4n) is 3.50.